The van der Waals surface area contributed by atoms with E-state index in [0.717, 1.165) is 16.7 Å². The molecule has 120 valence electrons. The molecule has 23 heavy (non-hydrogen) atoms. The fourth-order valence-corrected chi connectivity index (χ4v) is 2.64. The van der Waals surface area contributed by atoms with Gasteiger partial charge in [-0.2, -0.15) is 0 Å². The van der Waals surface area contributed by atoms with Gasteiger partial charge in [0.05, 0.1) is 40.8 Å². The Kier molecular flexibility index (Phi) is 3.48. The molecule has 9 nitrogen and oxygen atoms in total. The highest BCUT2D eigenvalue weighted by molar-refractivity contribution is 5.97. The van der Waals surface area contributed by atoms with Gasteiger partial charge >= 0.3 is 0 Å². The number of nitrogens with zero attached hydrogens (tertiary/aromatic N) is 2. The average Bonchev–Trinajstić information content (AvgIpc) is 2.92. The molecule has 0 bridgehead atoms. The average molecular weight is 320 g/mol. The second-order valence-corrected chi connectivity index (χ2v) is 5.18. The van der Waals surface area contributed by atoms with E-state index in [1.807, 2.05) is 0 Å². The molecule has 0 aliphatic rings. The van der Waals surface area contributed by atoms with E-state index < -0.39 is 48.2 Å². The van der Waals surface area contributed by atoms with Crippen LogP contribution in [0.5, 0.6) is 0 Å². The molecule has 1 aromatic carbocycles. The first-order valence-electron chi connectivity index (χ1n) is 6.71. The fraction of sp³-hybridized carbons (Fsp3) is 0.286. The van der Waals surface area contributed by atoms with Gasteiger partial charge in [0, 0.05) is 0 Å². The standard InChI is InChI=1S/C14H12N2O7/c17-4-6(19)3-15-11(20)7-1-9-10(2-8(7)12(15)21)14(23)16(5-18)13(9)22/h1-2,6,17-19H,3-5H2. The SMILES string of the molecule is O=c1c2cc3c(=O)n(CC(O)CO)c(=O)c3cc2c(=O)n1CO. The molecule has 0 saturated carbocycles. The molecule has 3 rings (SSSR count). The molecule has 9 heteroatoms. The summed E-state index contributed by atoms with van der Waals surface area (Å²) in [6.45, 7) is -1.81. The number of hydrogen-bond donors (Lipinski definition) is 3. The minimum atomic E-state index is -1.28. The molecule has 0 aliphatic carbocycles. The number of aliphatic hydroxyl groups excluding tert-OH is 3. The first kappa shape index (κ1) is 15.3. The predicted molar refractivity (Wildman–Crippen MR) is 80.2 cm³/mol. The zero-order valence-electron chi connectivity index (χ0n) is 11.7. The van der Waals surface area contributed by atoms with Crippen molar-refractivity contribution in [3.05, 3.63) is 53.5 Å². The molecule has 0 spiro atoms. The second kappa shape index (κ2) is 5.23. The van der Waals surface area contributed by atoms with Crippen molar-refractivity contribution >= 4 is 21.5 Å². The van der Waals surface area contributed by atoms with Gasteiger partial charge in [0.2, 0.25) is 0 Å². The van der Waals surface area contributed by atoms with Gasteiger partial charge in [-0.15, -0.1) is 0 Å². The van der Waals surface area contributed by atoms with E-state index in [-0.39, 0.29) is 21.5 Å². The van der Waals surface area contributed by atoms with Gasteiger partial charge in [0.25, 0.3) is 22.2 Å². The van der Waals surface area contributed by atoms with Crippen molar-refractivity contribution < 1.29 is 15.3 Å². The molecule has 2 heterocycles. The van der Waals surface area contributed by atoms with Crippen LogP contribution in [0, 0.1) is 0 Å². The van der Waals surface area contributed by atoms with Gasteiger partial charge in [-0.1, -0.05) is 0 Å². The molecule has 0 radical (unpaired) electrons. The van der Waals surface area contributed by atoms with Crippen LogP contribution in [0.25, 0.3) is 21.5 Å². The lowest BCUT2D eigenvalue weighted by atomic mass is 10.1. The number of fused-ring (bicyclic) bond motifs is 2. The van der Waals surface area contributed by atoms with Crippen molar-refractivity contribution in [2.45, 2.75) is 19.4 Å². The Bertz CT molecular complexity index is 1040. The number of aromatic nitrogens is 2. The summed E-state index contributed by atoms with van der Waals surface area (Å²) in [5, 5.41) is 27.1. The van der Waals surface area contributed by atoms with Crippen LogP contribution in [0.15, 0.2) is 31.3 Å². The molecule has 2 aromatic heterocycles. The highest BCUT2D eigenvalue weighted by Gasteiger charge is 2.20. The molecule has 0 amide bonds. The Balaban J connectivity index is 2.40. The normalized spacial score (nSPS) is 13.2. The summed E-state index contributed by atoms with van der Waals surface area (Å²) >= 11 is 0. The molecule has 3 aromatic rings. The summed E-state index contributed by atoms with van der Waals surface area (Å²) in [6, 6.07) is 2.29. The lowest BCUT2D eigenvalue weighted by Gasteiger charge is -2.05. The van der Waals surface area contributed by atoms with Crippen LogP contribution >= 0.6 is 0 Å². The van der Waals surface area contributed by atoms with Crippen molar-refractivity contribution in [3.63, 3.8) is 0 Å². The van der Waals surface area contributed by atoms with Crippen LogP contribution in [0.1, 0.15) is 0 Å². The Morgan fingerprint density at radius 1 is 0.783 bits per heavy atom. The van der Waals surface area contributed by atoms with Crippen LogP contribution in [0.3, 0.4) is 0 Å². The third kappa shape index (κ3) is 2.05. The van der Waals surface area contributed by atoms with E-state index in [9.17, 15) is 24.3 Å². The summed E-state index contributed by atoms with van der Waals surface area (Å²) in [7, 11) is 0. The summed E-state index contributed by atoms with van der Waals surface area (Å²) in [6.07, 6.45) is -1.28. The first-order valence-corrected chi connectivity index (χ1v) is 6.71. The third-order valence-corrected chi connectivity index (χ3v) is 3.81. The predicted octanol–water partition coefficient (Wildman–Crippen LogP) is -2.78. The van der Waals surface area contributed by atoms with Crippen molar-refractivity contribution in [1.82, 2.24) is 9.13 Å². The van der Waals surface area contributed by atoms with E-state index in [2.05, 4.69) is 0 Å². The molecule has 0 fully saturated rings. The number of benzene rings is 1. The second-order valence-electron chi connectivity index (χ2n) is 5.18. The van der Waals surface area contributed by atoms with E-state index in [1.54, 1.807) is 0 Å². The quantitative estimate of drug-likeness (QED) is 0.472. The Morgan fingerprint density at radius 2 is 1.17 bits per heavy atom. The molecule has 0 saturated heterocycles. The molecule has 1 atom stereocenters. The van der Waals surface area contributed by atoms with E-state index in [0.29, 0.717) is 4.57 Å². The minimum absolute atomic E-state index is 0.0557. The van der Waals surface area contributed by atoms with E-state index >= 15 is 0 Å². The molecule has 1 unspecified atom stereocenters. The van der Waals surface area contributed by atoms with Gasteiger partial charge in [-0.05, 0) is 12.1 Å². The summed E-state index contributed by atoms with van der Waals surface area (Å²) in [5.41, 5.74) is -2.93. The zero-order valence-corrected chi connectivity index (χ0v) is 11.7. The van der Waals surface area contributed by atoms with Crippen LogP contribution in [-0.4, -0.2) is 37.2 Å². The number of hydrogen-bond acceptors (Lipinski definition) is 7. The number of aliphatic hydroxyl groups is 3. The van der Waals surface area contributed by atoms with Crippen LogP contribution < -0.4 is 22.2 Å². The summed E-state index contributed by atoms with van der Waals surface area (Å²) in [4.78, 5) is 48.5. The lowest BCUT2D eigenvalue weighted by Crippen LogP contribution is -2.32. The van der Waals surface area contributed by atoms with E-state index in [4.69, 9.17) is 10.2 Å². The zero-order chi connectivity index (χ0) is 16.9. The maximum atomic E-state index is 12.3. The van der Waals surface area contributed by atoms with Gasteiger partial charge < -0.3 is 15.3 Å². The van der Waals surface area contributed by atoms with Crippen molar-refractivity contribution in [2.75, 3.05) is 6.61 Å². The van der Waals surface area contributed by atoms with Gasteiger partial charge in [0.1, 0.15) is 6.73 Å². The lowest BCUT2D eigenvalue weighted by molar-refractivity contribution is 0.0800. The fourth-order valence-electron chi connectivity index (χ4n) is 2.64. The van der Waals surface area contributed by atoms with E-state index in [1.165, 1.54) is 0 Å². The van der Waals surface area contributed by atoms with Crippen molar-refractivity contribution in [3.8, 4) is 0 Å². The summed E-state index contributed by atoms with van der Waals surface area (Å²) in [5.74, 6) is 0. The Labute approximate surface area is 126 Å². The Morgan fingerprint density at radius 3 is 1.52 bits per heavy atom. The first-order chi connectivity index (χ1) is 10.9. The highest BCUT2D eigenvalue weighted by Crippen LogP contribution is 2.14. The van der Waals surface area contributed by atoms with Gasteiger partial charge in [-0.25, -0.2) is 0 Å². The van der Waals surface area contributed by atoms with Gasteiger partial charge in [-0.3, -0.25) is 28.3 Å². The molecule has 0 aliphatic heterocycles. The van der Waals surface area contributed by atoms with Crippen LogP contribution in [-0.2, 0) is 13.3 Å². The van der Waals surface area contributed by atoms with Crippen molar-refractivity contribution in [2.24, 2.45) is 0 Å². The smallest absolute Gasteiger partial charge is 0.263 e. The third-order valence-electron chi connectivity index (χ3n) is 3.81. The Hall–Kier alpha value is -2.62. The molecule has 3 N–H and O–H groups in total. The van der Waals surface area contributed by atoms with Crippen LogP contribution in [0.2, 0.25) is 0 Å². The maximum absolute atomic E-state index is 12.3. The minimum Gasteiger partial charge on any atom is -0.394 e. The number of rotatable bonds is 4. The van der Waals surface area contributed by atoms with Crippen molar-refractivity contribution in [1.29, 1.82) is 0 Å². The topological polar surface area (TPSA) is 139 Å². The van der Waals surface area contributed by atoms with Gasteiger partial charge in [0.15, 0.2) is 0 Å². The molecular formula is C14H12N2O7. The largest absolute Gasteiger partial charge is 0.394 e. The van der Waals surface area contributed by atoms with Crippen LogP contribution in [0.4, 0.5) is 0 Å². The molecular weight excluding hydrogens is 308 g/mol. The summed E-state index contributed by atoms with van der Waals surface area (Å²) < 4.78 is 1.35. The highest BCUT2D eigenvalue weighted by atomic mass is 16.3. The maximum Gasteiger partial charge on any atom is 0.263 e. The monoisotopic (exact) mass is 320 g/mol.